The maximum atomic E-state index is 13.1. The fraction of sp³-hybridized carbons (Fsp3) is 0.708. The molecule has 0 aromatic heterocycles. The van der Waals surface area contributed by atoms with Gasteiger partial charge in [0.05, 0.1) is 20.3 Å². The van der Waals surface area contributed by atoms with Crippen molar-refractivity contribution in [1.29, 1.82) is 0 Å². The summed E-state index contributed by atoms with van der Waals surface area (Å²) >= 11 is 0. The van der Waals surface area contributed by atoms with Gasteiger partial charge in [-0.3, -0.25) is 14.6 Å². The molecule has 3 rings (SSSR count). The Labute approximate surface area is 182 Å². The molecule has 1 aromatic rings. The van der Waals surface area contributed by atoms with Crippen LogP contribution in [0.3, 0.4) is 0 Å². The molecule has 0 radical (unpaired) electrons. The minimum absolute atomic E-state index is 0.0348. The monoisotopic (exact) mass is 417 g/mol. The Morgan fingerprint density at radius 2 is 1.60 bits per heavy atom. The lowest BCUT2D eigenvalue weighted by Crippen LogP contribution is -2.56. The molecule has 2 aliphatic heterocycles. The highest BCUT2D eigenvalue weighted by Crippen LogP contribution is 2.31. The van der Waals surface area contributed by atoms with Crippen molar-refractivity contribution < 1.29 is 14.3 Å². The zero-order valence-electron chi connectivity index (χ0n) is 19.6. The highest BCUT2D eigenvalue weighted by atomic mass is 16.5. The van der Waals surface area contributed by atoms with Gasteiger partial charge in [0.25, 0.3) is 0 Å². The third kappa shape index (κ3) is 5.27. The number of ether oxygens (including phenoxy) is 2. The van der Waals surface area contributed by atoms with E-state index >= 15 is 0 Å². The van der Waals surface area contributed by atoms with Crippen LogP contribution in [-0.2, 0) is 11.3 Å². The molecule has 6 nitrogen and oxygen atoms in total. The predicted octanol–water partition coefficient (Wildman–Crippen LogP) is 3.02. The topological polar surface area (TPSA) is 45.2 Å². The molecule has 0 unspecified atom stereocenters. The molecule has 168 valence electrons. The molecule has 2 aliphatic rings. The maximum Gasteiger partial charge on any atom is 0.239 e. The number of amides is 1. The van der Waals surface area contributed by atoms with Crippen LogP contribution in [0, 0.1) is 18.8 Å². The number of rotatable bonds is 6. The molecule has 3 atom stereocenters. The first-order chi connectivity index (χ1) is 14.3. The lowest BCUT2D eigenvalue weighted by Gasteiger charge is -2.41. The lowest BCUT2D eigenvalue weighted by atomic mass is 9.91. The number of piperazine rings is 1. The van der Waals surface area contributed by atoms with Crippen molar-refractivity contribution in [3.05, 3.63) is 23.3 Å². The Bertz CT molecular complexity index is 721. The van der Waals surface area contributed by atoms with E-state index in [0.717, 1.165) is 57.3 Å². The van der Waals surface area contributed by atoms with E-state index in [1.54, 1.807) is 14.2 Å². The summed E-state index contributed by atoms with van der Waals surface area (Å²) in [5.74, 6) is 3.06. The van der Waals surface area contributed by atoms with Crippen LogP contribution in [0.4, 0.5) is 0 Å². The van der Waals surface area contributed by atoms with Gasteiger partial charge >= 0.3 is 0 Å². The van der Waals surface area contributed by atoms with Gasteiger partial charge in [0.15, 0.2) is 11.5 Å². The van der Waals surface area contributed by atoms with Crippen molar-refractivity contribution in [3.63, 3.8) is 0 Å². The Kier molecular flexibility index (Phi) is 7.64. The van der Waals surface area contributed by atoms with Gasteiger partial charge in [0, 0.05) is 45.8 Å². The minimum atomic E-state index is -0.0348. The van der Waals surface area contributed by atoms with E-state index in [2.05, 4.69) is 48.5 Å². The zero-order chi connectivity index (χ0) is 21.8. The molecule has 2 heterocycles. The molecule has 1 aromatic carbocycles. The molecule has 30 heavy (non-hydrogen) atoms. The van der Waals surface area contributed by atoms with Crippen molar-refractivity contribution in [1.82, 2.24) is 14.7 Å². The third-order valence-corrected chi connectivity index (χ3v) is 6.73. The van der Waals surface area contributed by atoms with Gasteiger partial charge in [-0.1, -0.05) is 13.8 Å². The van der Waals surface area contributed by atoms with Crippen molar-refractivity contribution in [3.8, 4) is 11.5 Å². The first kappa shape index (κ1) is 22.9. The number of methoxy groups -OCH3 is 2. The Balaban J connectivity index is 1.55. The largest absolute Gasteiger partial charge is 0.493 e. The lowest BCUT2D eigenvalue weighted by molar-refractivity contribution is -0.139. The second-order valence-corrected chi connectivity index (χ2v) is 9.31. The number of carbonyl (C=O) groups is 1. The first-order valence-electron chi connectivity index (χ1n) is 11.3. The molecule has 0 bridgehead atoms. The maximum absolute atomic E-state index is 13.1. The fourth-order valence-corrected chi connectivity index (χ4v) is 5.01. The van der Waals surface area contributed by atoms with E-state index in [0.29, 0.717) is 17.7 Å². The van der Waals surface area contributed by atoms with Gasteiger partial charge in [0.2, 0.25) is 5.91 Å². The highest BCUT2D eigenvalue weighted by Gasteiger charge is 2.32. The average molecular weight is 418 g/mol. The van der Waals surface area contributed by atoms with Gasteiger partial charge in [-0.2, -0.15) is 0 Å². The summed E-state index contributed by atoms with van der Waals surface area (Å²) in [6, 6.07) is 4.10. The van der Waals surface area contributed by atoms with Crippen molar-refractivity contribution in [2.75, 3.05) is 53.5 Å². The molecule has 0 aliphatic carbocycles. The second-order valence-electron chi connectivity index (χ2n) is 9.31. The number of piperidine rings is 1. The molecular weight excluding hydrogens is 378 g/mol. The van der Waals surface area contributed by atoms with Crippen LogP contribution in [-0.4, -0.2) is 80.1 Å². The molecule has 2 fully saturated rings. The molecule has 2 saturated heterocycles. The Hall–Kier alpha value is -1.79. The summed E-state index contributed by atoms with van der Waals surface area (Å²) in [7, 11) is 3.35. The smallest absolute Gasteiger partial charge is 0.239 e. The summed E-state index contributed by atoms with van der Waals surface area (Å²) < 4.78 is 10.9. The number of hydrogen-bond acceptors (Lipinski definition) is 5. The SMILES string of the molecule is COc1cc(C)c(CN2CCN([C@@H](C)C(=O)N3C[C@@H](C)C[C@H](C)C3)CC2)cc1OC. The van der Waals surface area contributed by atoms with Crippen LogP contribution in [0.25, 0.3) is 0 Å². The summed E-state index contributed by atoms with van der Waals surface area (Å²) in [5, 5.41) is 0. The van der Waals surface area contributed by atoms with Gasteiger partial charge < -0.3 is 14.4 Å². The van der Waals surface area contributed by atoms with Crippen molar-refractivity contribution in [2.24, 2.45) is 11.8 Å². The van der Waals surface area contributed by atoms with Crippen LogP contribution < -0.4 is 9.47 Å². The van der Waals surface area contributed by atoms with E-state index in [-0.39, 0.29) is 6.04 Å². The van der Waals surface area contributed by atoms with Crippen molar-refractivity contribution >= 4 is 5.91 Å². The fourth-order valence-electron chi connectivity index (χ4n) is 5.01. The van der Waals surface area contributed by atoms with Gasteiger partial charge in [-0.05, 0) is 55.4 Å². The molecule has 0 saturated carbocycles. The number of likely N-dealkylation sites (tertiary alicyclic amines) is 1. The van der Waals surface area contributed by atoms with E-state index in [1.807, 2.05) is 6.07 Å². The zero-order valence-corrected chi connectivity index (χ0v) is 19.6. The van der Waals surface area contributed by atoms with Crippen LogP contribution in [0.5, 0.6) is 11.5 Å². The standard InChI is InChI=1S/C24H39N3O3/c1-17-11-18(2)15-27(14-17)24(28)20(4)26-9-7-25(8-10-26)16-21-13-23(30-6)22(29-5)12-19(21)3/h12-13,17-18,20H,7-11,14-16H2,1-6H3/t17-,18-,20-/m0/s1. The third-order valence-electron chi connectivity index (χ3n) is 6.73. The summed E-state index contributed by atoms with van der Waals surface area (Å²) in [4.78, 5) is 20.0. The molecule has 0 N–H and O–H groups in total. The van der Waals surface area contributed by atoms with Crippen LogP contribution in [0.15, 0.2) is 12.1 Å². The Morgan fingerprint density at radius 3 is 2.17 bits per heavy atom. The molecule has 6 heteroatoms. The van der Waals surface area contributed by atoms with Gasteiger partial charge in [-0.25, -0.2) is 0 Å². The van der Waals surface area contributed by atoms with E-state index in [1.165, 1.54) is 17.5 Å². The quantitative estimate of drug-likeness (QED) is 0.712. The van der Waals surface area contributed by atoms with E-state index in [9.17, 15) is 4.79 Å². The van der Waals surface area contributed by atoms with Gasteiger partial charge in [-0.15, -0.1) is 0 Å². The van der Waals surface area contributed by atoms with Gasteiger partial charge in [0.1, 0.15) is 0 Å². The van der Waals surface area contributed by atoms with E-state index < -0.39 is 0 Å². The summed E-state index contributed by atoms with van der Waals surface area (Å²) in [6.07, 6.45) is 1.23. The van der Waals surface area contributed by atoms with Crippen LogP contribution in [0.1, 0.15) is 38.3 Å². The Morgan fingerprint density at radius 1 is 1.03 bits per heavy atom. The van der Waals surface area contributed by atoms with Crippen LogP contribution >= 0.6 is 0 Å². The molecule has 1 amide bonds. The van der Waals surface area contributed by atoms with Crippen LogP contribution in [0.2, 0.25) is 0 Å². The normalized spacial score (nSPS) is 24.5. The number of hydrogen-bond donors (Lipinski definition) is 0. The second kappa shape index (κ2) is 10.0. The predicted molar refractivity (Wildman–Crippen MR) is 120 cm³/mol. The number of nitrogens with zero attached hydrogens (tertiary/aromatic N) is 3. The number of aryl methyl sites for hydroxylation is 1. The summed E-state index contributed by atoms with van der Waals surface area (Å²) in [6.45, 7) is 15.2. The molecular formula is C24H39N3O3. The number of carbonyl (C=O) groups excluding carboxylic acids is 1. The van der Waals surface area contributed by atoms with E-state index in [4.69, 9.17) is 9.47 Å². The minimum Gasteiger partial charge on any atom is -0.493 e. The average Bonchev–Trinajstić information content (AvgIpc) is 2.73. The number of benzene rings is 1. The van der Waals surface area contributed by atoms with Crippen molar-refractivity contribution in [2.45, 2.75) is 46.7 Å². The molecule has 0 spiro atoms. The summed E-state index contributed by atoms with van der Waals surface area (Å²) in [5.41, 5.74) is 2.48. The highest BCUT2D eigenvalue weighted by molar-refractivity contribution is 5.81. The first-order valence-corrected chi connectivity index (χ1v) is 11.3.